The molecular formula is C9H15F3N2. The lowest BCUT2D eigenvalue weighted by Gasteiger charge is -2.31. The van der Waals surface area contributed by atoms with Gasteiger partial charge in [-0.05, 0) is 12.8 Å². The number of halogens is 3. The summed E-state index contributed by atoms with van der Waals surface area (Å²) in [5.41, 5.74) is -1.36. The van der Waals surface area contributed by atoms with Gasteiger partial charge < -0.3 is 5.32 Å². The molecule has 82 valence electrons. The summed E-state index contributed by atoms with van der Waals surface area (Å²) < 4.78 is 37.8. The number of hydrogen-bond donors (Lipinski definition) is 1. The highest BCUT2D eigenvalue weighted by Gasteiger charge is 2.63. The third-order valence-electron chi connectivity index (χ3n) is 3.19. The fourth-order valence-corrected chi connectivity index (χ4v) is 1.98. The normalized spacial score (nSPS) is 27.6. The van der Waals surface area contributed by atoms with E-state index in [1.54, 1.807) is 0 Å². The monoisotopic (exact) mass is 208 g/mol. The van der Waals surface area contributed by atoms with E-state index >= 15 is 0 Å². The standard InChI is InChI=1S/C9H15F3N2/c10-9(11,12)8(1-2-8)7-14-5-3-13-4-6-14/h13H,1-7H2. The number of nitrogens with one attached hydrogen (secondary N) is 1. The molecule has 1 aliphatic carbocycles. The second-order valence-electron chi connectivity index (χ2n) is 4.30. The highest BCUT2D eigenvalue weighted by molar-refractivity contribution is 5.01. The van der Waals surface area contributed by atoms with Crippen LogP contribution in [0.2, 0.25) is 0 Å². The molecule has 0 spiro atoms. The van der Waals surface area contributed by atoms with Gasteiger partial charge in [0, 0.05) is 32.7 Å². The SMILES string of the molecule is FC(F)(F)C1(CN2CCNCC2)CC1. The van der Waals surface area contributed by atoms with E-state index in [-0.39, 0.29) is 6.54 Å². The molecule has 2 aliphatic rings. The highest BCUT2D eigenvalue weighted by Crippen LogP contribution is 2.57. The molecule has 0 radical (unpaired) electrons. The Hall–Kier alpha value is -0.290. The van der Waals surface area contributed by atoms with Gasteiger partial charge in [-0.15, -0.1) is 0 Å². The molecule has 1 aliphatic heterocycles. The minimum Gasteiger partial charge on any atom is -0.314 e. The Labute approximate surface area is 81.5 Å². The van der Waals surface area contributed by atoms with Crippen molar-refractivity contribution < 1.29 is 13.2 Å². The van der Waals surface area contributed by atoms with Crippen molar-refractivity contribution >= 4 is 0 Å². The zero-order valence-corrected chi connectivity index (χ0v) is 8.03. The number of rotatable bonds is 2. The number of hydrogen-bond acceptors (Lipinski definition) is 2. The number of nitrogens with zero attached hydrogens (tertiary/aromatic N) is 1. The fourth-order valence-electron chi connectivity index (χ4n) is 1.98. The molecule has 1 N–H and O–H groups in total. The van der Waals surface area contributed by atoms with Gasteiger partial charge in [0.1, 0.15) is 0 Å². The maximum atomic E-state index is 12.6. The zero-order chi connectivity index (χ0) is 10.2. The number of piperazine rings is 1. The van der Waals surface area contributed by atoms with Crippen LogP contribution < -0.4 is 5.32 Å². The Kier molecular flexibility index (Phi) is 2.47. The van der Waals surface area contributed by atoms with Crippen LogP contribution in [0.1, 0.15) is 12.8 Å². The molecule has 0 aromatic heterocycles. The summed E-state index contributed by atoms with van der Waals surface area (Å²) in [5, 5.41) is 3.14. The number of alkyl halides is 3. The van der Waals surface area contributed by atoms with Crippen molar-refractivity contribution in [1.29, 1.82) is 0 Å². The minimum absolute atomic E-state index is 0.207. The summed E-state index contributed by atoms with van der Waals surface area (Å²) in [5.74, 6) is 0. The van der Waals surface area contributed by atoms with Gasteiger partial charge in [0.2, 0.25) is 0 Å². The summed E-state index contributed by atoms with van der Waals surface area (Å²) in [7, 11) is 0. The lowest BCUT2D eigenvalue weighted by molar-refractivity contribution is -0.192. The van der Waals surface area contributed by atoms with E-state index in [1.807, 2.05) is 4.90 Å². The first-order valence-electron chi connectivity index (χ1n) is 5.03. The lowest BCUT2D eigenvalue weighted by atomic mass is 10.1. The first-order valence-corrected chi connectivity index (χ1v) is 5.03. The quantitative estimate of drug-likeness (QED) is 0.734. The third kappa shape index (κ3) is 1.88. The second kappa shape index (κ2) is 3.38. The Bertz CT molecular complexity index is 205. The van der Waals surface area contributed by atoms with E-state index in [9.17, 15) is 13.2 Å². The molecule has 2 rings (SSSR count). The van der Waals surface area contributed by atoms with Crippen LogP contribution in [0.25, 0.3) is 0 Å². The summed E-state index contributed by atoms with van der Waals surface area (Å²) in [6, 6.07) is 0. The van der Waals surface area contributed by atoms with E-state index < -0.39 is 11.6 Å². The predicted octanol–water partition coefficient (Wildman–Crippen LogP) is 1.23. The van der Waals surface area contributed by atoms with E-state index in [4.69, 9.17) is 0 Å². The molecule has 1 heterocycles. The van der Waals surface area contributed by atoms with E-state index in [0.717, 1.165) is 26.2 Å². The van der Waals surface area contributed by atoms with Gasteiger partial charge >= 0.3 is 6.18 Å². The Morgan fingerprint density at radius 3 is 2.14 bits per heavy atom. The van der Waals surface area contributed by atoms with Crippen molar-refractivity contribution in [2.45, 2.75) is 19.0 Å². The predicted molar refractivity (Wildman–Crippen MR) is 47.0 cm³/mol. The van der Waals surface area contributed by atoms with Crippen molar-refractivity contribution in [3.05, 3.63) is 0 Å². The van der Waals surface area contributed by atoms with Crippen molar-refractivity contribution in [3.63, 3.8) is 0 Å². The molecule has 0 amide bonds. The van der Waals surface area contributed by atoms with Gasteiger partial charge in [-0.1, -0.05) is 0 Å². The zero-order valence-electron chi connectivity index (χ0n) is 8.03. The van der Waals surface area contributed by atoms with Crippen molar-refractivity contribution in [2.75, 3.05) is 32.7 Å². The molecule has 2 nitrogen and oxygen atoms in total. The van der Waals surface area contributed by atoms with Crippen LogP contribution >= 0.6 is 0 Å². The van der Waals surface area contributed by atoms with E-state index in [1.165, 1.54) is 0 Å². The average molecular weight is 208 g/mol. The smallest absolute Gasteiger partial charge is 0.314 e. The second-order valence-corrected chi connectivity index (χ2v) is 4.30. The van der Waals surface area contributed by atoms with Gasteiger partial charge in [-0.3, -0.25) is 4.90 Å². The van der Waals surface area contributed by atoms with Crippen LogP contribution in [0.3, 0.4) is 0 Å². The largest absolute Gasteiger partial charge is 0.395 e. The molecule has 1 saturated carbocycles. The first kappa shape index (κ1) is 10.2. The molecule has 0 aromatic carbocycles. The average Bonchev–Trinajstić information content (AvgIpc) is 2.86. The van der Waals surface area contributed by atoms with Crippen LogP contribution in [0.5, 0.6) is 0 Å². The molecule has 0 aromatic rings. The van der Waals surface area contributed by atoms with Crippen LogP contribution in [0, 0.1) is 5.41 Å². The highest BCUT2D eigenvalue weighted by atomic mass is 19.4. The van der Waals surface area contributed by atoms with Gasteiger partial charge in [0.25, 0.3) is 0 Å². The third-order valence-corrected chi connectivity index (χ3v) is 3.19. The van der Waals surface area contributed by atoms with Crippen LogP contribution in [0.15, 0.2) is 0 Å². The molecule has 0 bridgehead atoms. The van der Waals surface area contributed by atoms with Crippen molar-refractivity contribution in [2.24, 2.45) is 5.41 Å². The van der Waals surface area contributed by atoms with Gasteiger partial charge in [-0.2, -0.15) is 13.2 Å². The van der Waals surface area contributed by atoms with E-state index in [2.05, 4.69) is 5.32 Å². The molecule has 0 unspecified atom stereocenters. The molecule has 2 fully saturated rings. The molecule has 14 heavy (non-hydrogen) atoms. The summed E-state index contributed by atoms with van der Waals surface area (Å²) in [6.45, 7) is 3.33. The summed E-state index contributed by atoms with van der Waals surface area (Å²) in [4.78, 5) is 1.93. The Morgan fingerprint density at radius 2 is 1.71 bits per heavy atom. The van der Waals surface area contributed by atoms with Crippen molar-refractivity contribution in [1.82, 2.24) is 10.2 Å². The fraction of sp³-hybridized carbons (Fsp3) is 1.00. The maximum Gasteiger partial charge on any atom is 0.395 e. The van der Waals surface area contributed by atoms with Crippen molar-refractivity contribution in [3.8, 4) is 0 Å². The molecule has 1 saturated heterocycles. The molecular weight excluding hydrogens is 193 g/mol. The molecule has 0 atom stereocenters. The first-order chi connectivity index (χ1) is 6.54. The van der Waals surface area contributed by atoms with Gasteiger partial charge in [0.05, 0.1) is 5.41 Å². The minimum atomic E-state index is -4.00. The summed E-state index contributed by atoms with van der Waals surface area (Å²) >= 11 is 0. The van der Waals surface area contributed by atoms with Gasteiger partial charge in [0.15, 0.2) is 0 Å². The lowest BCUT2D eigenvalue weighted by Crippen LogP contribution is -2.48. The van der Waals surface area contributed by atoms with Crippen LogP contribution in [0.4, 0.5) is 13.2 Å². The molecule has 5 heteroatoms. The topological polar surface area (TPSA) is 15.3 Å². The van der Waals surface area contributed by atoms with Crippen LogP contribution in [-0.4, -0.2) is 43.8 Å². The van der Waals surface area contributed by atoms with E-state index in [0.29, 0.717) is 12.8 Å². The maximum absolute atomic E-state index is 12.6. The summed E-state index contributed by atoms with van der Waals surface area (Å²) in [6.07, 6.45) is -3.36. The Balaban J connectivity index is 1.90. The van der Waals surface area contributed by atoms with Crippen LogP contribution in [-0.2, 0) is 0 Å². The Morgan fingerprint density at radius 1 is 1.14 bits per heavy atom. The van der Waals surface area contributed by atoms with Gasteiger partial charge in [-0.25, -0.2) is 0 Å².